The lowest BCUT2D eigenvalue weighted by atomic mass is 9.91. The Kier molecular flexibility index (Phi) is 3.46. The first-order chi connectivity index (χ1) is 8.58. The first kappa shape index (κ1) is 12.4. The van der Waals surface area contributed by atoms with Gasteiger partial charge in [0.05, 0.1) is 5.92 Å². The third-order valence-corrected chi connectivity index (χ3v) is 2.99. The third kappa shape index (κ3) is 2.59. The van der Waals surface area contributed by atoms with E-state index in [9.17, 15) is 10.1 Å². The van der Waals surface area contributed by atoms with E-state index in [1.54, 1.807) is 0 Å². The second kappa shape index (κ2) is 5.04. The minimum atomic E-state index is -0.278. The van der Waals surface area contributed by atoms with Crippen molar-refractivity contribution in [3.05, 3.63) is 69.2 Å². The summed E-state index contributed by atoms with van der Waals surface area (Å²) in [5.41, 5.74) is 1.84. The molecule has 2 aromatic rings. The van der Waals surface area contributed by atoms with Gasteiger partial charge in [0.1, 0.15) is 11.5 Å². The van der Waals surface area contributed by atoms with Crippen molar-refractivity contribution in [3.8, 4) is 0 Å². The SMILES string of the molecule is Cc1cc(C(C[N+](=O)[O-])c2ccccc2)c(C)o1. The predicted octanol–water partition coefficient (Wildman–Crippen LogP) is 3.31. The first-order valence-electron chi connectivity index (χ1n) is 5.81. The average molecular weight is 245 g/mol. The highest BCUT2D eigenvalue weighted by molar-refractivity contribution is 5.35. The number of aryl methyl sites for hydroxylation is 2. The fourth-order valence-corrected chi connectivity index (χ4v) is 2.21. The van der Waals surface area contributed by atoms with Gasteiger partial charge in [-0.25, -0.2) is 0 Å². The molecule has 0 aliphatic heterocycles. The van der Waals surface area contributed by atoms with Crippen molar-refractivity contribution in [2.75, 3.05) is 6.54 Å². The van der Waals surface area contributed by atoms with Crippen molar-refractivity contribution < 1.29 is 9.34 Å². The molecule has 94 valence electrons. The number of nitro groups is 1. The van der Waals surface area contributed by atoms with Gasteiger partial charge in [-0.3, -0.25) is 10.1 Å². The molecule has 1 heterocycles. The van der Waals surface area contributed by atoms with Crippen LogP contribution in [0.25, 0.3) is 0 Å². The highest BCUT2D eigenvalue weighted by Gasteiger charge is 2.23. The van der Waals surface area contributed by atoms with Gasteiger partial charge in [0.25, 0.3) is 0 Å². The Balaban J connectivity index is 2.43. The maximum absolute atomic E-state index is 10.8. The van der Waals surface area contributed by atoms with E-state index in [4.69, 9.17) is 4.42 Å². The summed E-state index contributed by atoms with van der Waals surface area (Å²) in [4.78, 5) is 10.6. The van der Waals surface area contributed by atoms with Crippen LogP contribution in [0.2, 0.25) is 0 Å². The smallest absolute Gasteiger partial charge is 0.214 e. The highest BCUT2D eigenvalue weighted by atomic mass is 16.6. The summed E-state index contributed by atoms with van der Waals surface area (Å²) in [6.07, 6.45) is 0. The summed E-state index contributed by atoms with van der Waals surface area (Å²) in [6, 6.07) is 11.4. The van der Waals surface area contributed by atoms with E-state index >= 15 is 0 Å². The van der Waals surface area contributed by atoms with Gasteiger partial charge < -0.3 is 4.42 Å². The molecule has 0 aliphatic carbocycles. The second-order valence-electron chi connectivity index (χ2n) is 4.35. The minimum Gasteiger partial charge on any atom is -0.466 e. The Labute approximate surface area is 105 Å². The van der Waals surface area contributed by atoms with Gasteiger partial charge >= 0.3 is 0 Å². The van der Waals surface area contributed by atoms with Crippen LogP contribution in [-0.4, -0.2) is 11.5 Å². The Bertz CT molecular complexity index is 545. The molecule has 1 aromatic carbocycles. The lowest BCUT2D eigenvalue weighted by Gasteiger charge is -2.12. The van der Waals surface area contributed by atoms with Crippen LogP contribution < -0.4 is 0 Å². The van der Waals surface area contributed by atoms with Crippen LogP contribution in [-0.2, 0) is 0 Å². The molecule has 2 rings (SSSR count). The normalized spacial score (nSPS) is 12.3. The first-order valence-corrected chi connectivity index (χ1v) is 5.81. The van der Waals surface area contributed by atoms with E-state index in [1.807, 2.05) is 50.2 Å². The van der Waals surface area contributed by atoms with Gasteiger partial charge in [-0.05, 0) is 25.5 Å². The number of hydrogen-bond donors (Lipinski definition) is 0. The van der Waals surface area contributed by atoms with Gasteiger partial charge in [0.15, 0.2) is 0 Å². The molecule has 0 spiro atoms. The Hall–Kier alpha value is -2.10. The molecule has 0 bridgehead atoms. The monoisotopic (exact) mass is 245 g/mol. The molecular formula is C14H15NO3. The highest BCUT2D eigenvalue weighted by Crippen LogP contribution is 2.29. The van der Waals surface area contributed by atoms with Gasteiger partial charge in [0.2, 0.25) is 6.54 Å². The molecule has 1 atom stereocenters. The molecule has 0 N–H and O–H groups in total. The molecule has 0 aliphatic rings. The van der Waals surface area contributed by atoms with Crippen LogP contribution >= 0.6 is 0 Å². The molecule has 1 unspecified atom stereocenters. The number of rotatable bonds is 4. The molecule has 0 saturated carbocycles. The summed E-state index contributed by atoms with van der Waals surface area (Å²) in [5.74, 6) is 1.29. The van der Waals surface area contributed by atoms with Crippen LogP contribution in [0, 0.1) is 24.0 Å². The zero-order valence-electron chi connectivity index (χ0n) is 10.4. The van der Waals surface area contributed by atoms with Gasteiger partial charge in [-0.2, -0.15) is 0 Å². The predicted molar refractivity (Wildman–Crippen MR) is 68.3 cm³/mol. The van der Waals surface area contributed by atoms with Crippen LogP contribution in [0.5, 0.6) is 0 Å². The van der Waals surface area contributed by atoms with E-state index in [-0.39, 0.29) is 17.4 Å². The summed E-state index contributed by atoms with van der Waals surface area (Å²) >= 11 is 0. The molecule has 18 heavy (non-hydrogen) atoms. The summed E-state index contributed by atoms with van der Waals surface area (Å²) < 4.78 is 5.48. The lowest BCUT2D eigenvalue weighted by molar-refractivity contribution is -0.481. The van der Waals surface area contributed by atoms with Gasteiger partial charge in [0, 0.05) is 10.5 Å². The van der Waals surface area contributed by atoms with E-state index in [2.05, 4.69) is 0 Å². The van der Waals surface area contributed by atoms with E-state index in [0.717, 1.165) is 22.6 Å². The van der Waals surface area contributed by atoms with Crippen molar-refractivity contribution in [2.24, 2.45) is 0 Å². The number of furan rings is 1. The average Bonchev–Trinajstić information content (AvgIpc) is 2.66. The molecule has 4 heteroatoms. The zero-order chi connectivity index (χ0) is 13.1. The van der Waals surface area contributed by atoms with Gasteiger partial charge in [-0.1, -0.05) is 30.3 Å². The van der Waals surface area contributed by atoms with Crippen LogP contribution in [0.1, 0.15) is 28.6 Å². The fraction of sp³-hybridized carbons (Fsp3) is 0.286. The number of nitrogens with zero attached hydrogens (tertiary/aromatic N) is 1. The lowest BCUT2D eigenvalue weighted by Crippen LogP contribution is -2.14. The summed E-state index contributed by atoms with van der Waals surface area (Å²) in [5, 5.41) is 10.8. The fourth-order valence-electron chi connectivity index (χ4n) is 2.21. The van der Waals surface area contributed by atoms with Crippen LogP contribution in [0.15, 0.2) is 40.8 Å². The molecule has 4 nitrogen and oxygen atoms in total. The summed E-state index contributed by atoms with van der Waals surface area (Å²) in [7, 11) is 0. The molecule has 0 radical (unpaired) electrons. The maximum atomic E-state index is 10.8. The van der Waals surface area contributed by atoms with E-state index < -0.39 is 0 Å². The van der Waals surface area contributed by atoms with Crippen LogP contribution in [0.4, 0.5) is 0 Å². The second-order valence-corrected chi connectivity index (χ2v) is 4.35. The topological polar surface area (TPSA) is 56.3 Å². The zero-order valence-corrected chi connectivity index (χ0v) is 10.4. The van der Waals surface area contributed by atoms with Crippen LogP contribution in [0.3, 0.4) is 0 Å². The molecule has 1 aromatic heterocycles. The molecule has 0 amide bonds. The summed E-state index contributed by atoms with van der Waals surface area (Å²) in [6.45, 7) is 3.58. The maximum Gasteiger partial charge on any atom is 0.214 e. The van der Waals surface area contributed by atoms with Crippen molar-refractivity contribution in [3.63, 3.8) is 0 Å². The Morgan fingerprint density at radius 2 is 1.94 bits per heavy atom. The largest absolute Gasteiger partial charge is 0.466 e. The Morgan fingerprint density at radius 1 is 1.28 bits per heavy atom. The standard InChI is InChI=1S/C14H15NO3/c1-10-8-13(11(2)18-10)14(9-15(16)17)12-6-4-3-5-7-12/h3-8,14H,9H2,1-2H3. The van der Waals surface area contributed by atoms with Gasteiger partial charge in [-0.15, -0.1) is 0 Å². The van der Waals surface area contributed by atoms with E-state index in [0.29, 0.717) is 0 Å². The van der Waals surface area contributed by atoms with Crippen molar-refractivity contribution in [1.82, 2.24) is 0 Å². The minimum absolute atomic E-state index is 0.121. The van der Waals surface area contributed by atoms with Crippen molar-refractivity contribution >= 4 is 0 Å². The number of benzene rings is 1. The van der Waals surface area contributed by atoms with Crippen molar-refractivity contribution in [2.45, 2.75) is 19.8 Å². The Morgan fingerprint density at radius 3 is 2.44 bits per heavy atom. The third-order valence-electron chi connectivity index (χ3n) is 2.99. The molecule has 0 saturated heterocycles. The quantitative estimate of drug-likeness (QED) is 0.613. The van der Waals surface area contributed by atoms with E-state index in [1.165, 1.54) is 0 Å². The molecular weight excluding hydrogens is 230 g/mol. The van der Waals surface area contributed by atoms with Crippen molar-refractivity contribution in [1.29, 1.82) is 0 Å². The number of hydrogen-bond acceptors (Lipinski definition) is 3. The molecule has 0 fully saturated rings.